The van der Waals surface area contributed by atoms with Gasteiger partial charge in [-0.15, -0.1) is 0 Å². The number of carbonyl (C=O) groups excluding carboxylic acids is 1. The number of rotatable bonds is 21. The van der Waals surface area contributed by atoms with E-state index in [-0.39, 0.29) is 50.3 Å². The monoisotopic (exact) mass is 594 g/mol. The van der Waals surface area contributed by atoms with E-state index >= 15 is 0 Å². The summed E-state index contributed by atoms with van der Waals surface area (Å²) in [6.45, 7) is -0.0931. The maximum atomic E-state index is 12.2. The molecule has 2 aromatic rings. The van der Waals surface area contributed by atoms with E-state index in [0.717, 1.165) is 5.56 Å². The molecule has 0 bridgehead atoms. The zero-order valence-electron chi connectivity index (χ0n) is 22.8. The minimum atomic E-state index is -1.40. The van der Waals surface area contributed by atoms with Gasteiger partial charge in [-0.1, -0.05) is 18.6 Å². The molecule has 0 spiro atoms. The highest BCUT2D eigenvalue weighted by molar-refractivity contribution is 5.83. The molecule has 7 N–H and O–H groups in total. The zero-order chi connectivity index (χ0) is 31.1. The van der Waals surface area contributed by atoms with E-state index in [4.69, 9.17) is 14.9 Å². The first-order valence-corrected chi connectivity index (χ1v) is 13.3. The van der Waals surface area contributed by atoms with Crippen LogP contribution in [0.1, 0.15) is 44.1 Å². The molecule has 0 aliphatic carbocycles. The molecule has 0 fully saturated rings. The van der Waals surface area contributed by atoms with E-state index in [9.17, 15) is 38.3 Å². The Hall–Kier alpha value is -4.69. The largest absolute Gasteiger partial charge is 0.491 e. The number of alkyl halides is 1. The molecule has 0 aliphatic rings. The number of carboxylic acids is 3. The first-order valence-electron chi connectivity index (χ1n) is 13.3. The van der Waals surface area contributed by atoms with Crippen LogP contribution in [0.4, 0.5) is 20.6 Å². The van der Waals surface area contributed by atoms with Crippen LogP contribution in [-0.4, -0.2) is 71.7 Å². The third-order valence-electron chi connectivity index (χ3n) is 6.31. The Labute approximate surface area is 240 Å². The third kappa shape index (κ3) is 11.1. The van der Waals surface area contributed by atoms with Crippen molar-refractivity contribution in [2.45, 2.75) is 51.1 Å². The fraction of sp³-hybridized carbons (Fsp3) is 0.481. The number of carbonyl (C=O) groups is 4. The standard InChI is InChI=1S/C27H35FN4O10/c28-11-14-42-18-6-4-16(5-7-18)15-31-22-21(23(35)24(22)36)29-12-2-1-3-17(25(37)38)10-13-30-27(41)32-19(26(39)40)8-9-20(33)34/h4-7,17,19,29,31H,1-3,8-15H2,(H,33,34)(H,37,38)(H,39,40)(H2,30,32,41)/t17-,19+/m1/s1. The van der Waals surface area contributed by atoms with E-state index in [2.05, 4.69) is 21.3 Å². The minimum Gasteiger partial charge on any atom is -0.491 e. The summed E-state index contributed by atoms with van der Waals surface area (Å²) in [6.07, 6.45) is 0.589. The van der Waals surface area contributed by atoms with E-state index < -0.39 is 59.9 Å². The number of unbranched alkanes of at least 4 members (excludes halogenated alkanes) is 1. The summed E-state index contributed by atoms with van der Waals surface area (Å²) in [5, 5.41) is 37.6. The molecule has 2 amide bonds. The molecular weight excluding hydrogens is 559 g/mol. The van der Waals surface area contributed by atoms with Crippen molar-refractivity contribution in [1.29, 1.82) is 0 Å². The van der Waals surface area contributed by atoms with Crippen LogP contribution in [0.15, 0.2) is 33.9 Å². The van der Waals surface area contributed by atoms with E-state index in [1.54, 1.807) is 24.3 Å². The number of nitrogens with one attached hydrogen (secondary N) is 4. The number of hydrogen-bond donors (Lipinski definition) is 7. The molecule has 2 aromatic carbocycles. The SMILES string of the molecule is O=C(O)CC[C@H](NC(=O)NCC[C@@H](CCCCNc1c(NCc2ccc(OCCF)cc2)c(=O)c1=O)C(=O)O)C(=O)O. The summed E-state index contributed by atoms with van der Waals surface area (Å²) >= 11 is 0. The second-order valence-corrected chi connectivity index (χ2v) is 9.41. The van der Waals surface area contributed by atoms with Gasteiger partial charge in [-0.2, -0.15) is 0 Å². The molecule has 0 aromatic heterocycles. The average molecular weight is 595 g/mol. The molecule has 0 saturated heterocycles. The van der Waals surface area contributed by atoms with Gasteiger partial charge < -0.3 is 41.3 Å². The van der Waals surface area contributed by atoms with Crippen molar-refractivity contribution >= 4 is 35.3 Å². The lowest BCUT2D eigenvalue weighted by molar-refractivity contribution is -0.142. The van der Waals surface area contributed by atoms with E-state index in [1.165, 1.54) is 0 Å². The molecule has 2 atom stereocenters. The van der Waals surface area contributed by atoms with Gasteiger partial charge in [0.05, 0.1) is 5.92 Å². The predicted molar refractivity (Wildman–Crippen MR) is 150 cm³/mol. The Kier molecular flexibility index (Phi) is 13.7. The molecule has 230 valence electrons. The predicted octanol–water partition coefficient (Wildman–Crippen LogP) is 1.53. The number of anilines is 2. The summed E-state index contributed by atoms with van der Waals surface area (Å²) in [4.78, 5) is 69.3. The number of benzene rings is 1. The smallest absolute Gasteiger partial charge is 0.326 e. The van der Waals surface area contributed by atoms with Gasteiger partial charge in [0, 0.05) is 26.1 Å². The Bertz CT molecular complexity index is 1280. The van der Waals surface area contributed by atoms with E-state index in [1.807, 2.05) is 0 Å². The van der Waals surface area contributed by atoms with Crippen LogP contribution in [-0.2, 0) is 20.9 Å². The average Bonchev–Trinajstić information content (AvgIpc) is 2.95. The number of urea groups is 1. The van der Waals surface area contributed by atoms with Crippen molar-refractivity contribution < 1.29 is 43.6 Å². The van der Waals surface area contributed by atoms with Crippen molar-refractivity contribution in [2.24, 2.45) is 5.92 Å². The lowest BCUT2D eigenvalue weighted by Crippen LogP contribution is -2.46. The van der Waals surface area contributed by atoms with E-state index in [0.29, 0.717) is 25.1 Å². The summed E-state index contributed by atoms with van der Waals surface area (Å²) in [7, 11) is 0. The van der Waals surface area contributed by atoms with Gasteiger partial charge in [-0.05, 0) is 43.4 Å². The van der Waals surface area contributed by atoms with Gasteiger partial charge in [0.25, 0.3) is 10.9 Å². The van der Waals surface area contributed by atoms with Gasteiger partial charge in [0.15, 0.2) is 0 Å². The first-order chi connectivity index (χ1) is 20.0. The molecule has 14 nitrogen and oxygen atoms in total. The van der Waals surface area contributed by atoms with Gasteiger partial charge in [0.1, 0.15) is 36.4 Å². The second kappa shape index (κ2) is 17.2. The van der Waals surface area contributed by atoms with Gasteiger partial charge in [-0.3, -0.25) is 19.2 Å². The summed E-state index contributed by atoms with van der Waals surface area (Å²) in [6, 6.07) is 4.59. The number of amides is 2. The number of aliphatic carboxylic acids is 3. The lowest BCUT2D eigenvalue weighted by atomic mass is 9.98. The van der Waals surface area contributed by atoms with Crippen LogP contribution in [0.25, 0.3) is 0 Å². The van der Waals surface area contributed by atoms with Crippen molar-refractivity contribution in [2.75, 3.05) is 37.0 Å². The number of hydrogen-bond acceptors (Lipinski definition) is 9. The molecule has 15 heteroatoms. The second-order valence-electron chi connectivity index (χ2n) is 9.41. The van der Waals surface area contributed by atoms with Crippen LogP contribution < -0.4 is 36.9 Å². The van der Waals surface area contributed by atoms with Crippen LogP contribution >= 0.6 is 0 Å². The van der Waals surface area contributed by atoms with Crippen LogP contribution in [0.5, 0.6) is 5.75 Å². The minimum absolute atomic E-state index is 0.0433. The highest BCUT2D eigenvalue weighted by Gasteiger charge is 2.23. The van der Waals surface area contributed by atoms with Crippen LogP contribution in [0, 0.1) is 5.92 Å². The Morgan fingerprint density at radius 2 is 1.50 bits per heavy atom. The van der Waals surface area contributed by atoms with Gasteiger partial charge in [-0.25, -0.2) is 14.0 Å². The summed E-state index contributed by atoms with van der Waals surface area (Å²) in [5.41, 5.74) is -0.143. The quantitative estimate of drug-likeness (QED) is 0.0808. The maximum absolute atomic E-state index is 12.2. The van der Waals surface area contributed by atoms with Gasteiger partial charge >= 0.3 is 23.9 Å². The Morgan fingerprint density at radius 1 is 0.833 bits per heavy atom. The molecular formula is C27H35FN4O10. The first kappa shape index (κ1) is 33.5. The molecule has 2 rings (SSSR count). The highest BCUT2D eigenvalue weighted by Crippen LogP contribution is 2.18. The zero-order valence-corrected chi connectivity index (χ0v) is 22.8. The fourth-order valence-corrected chi connectivity index (χ4v) is 3.99. The van der Waals surface area contributed by atoms with Crippen molar-refractivity contribution in [3.05, 3.63) is 50.3 Å². The topological polar surface area (TPSA) is 220 Å². The molecule has 0 aliphatic heterocycles. The molecule has 0 radical (unpaired) electrons. The fourth-order valence-electron chi connectivity index (χ4n) is 3.99. The highest BCUT2D eigenvalue weighted by atomic mass is 19.1. The van der Waals surface area contributed by atoms with Crippen LogP contribution in [0.3, 0.4) is 0 Å². The number of carboxylic acid groups (broad SMARTS) is 3. The molecule has 0 saturated carbocycles. The summed E-state index contributed by atoms with van der Waals surface area (Å²) < 4.78 is 17.4. The van der Waals surface area contributed by atoms with Crippen LogP contribution in [0.2, 0.25) is 0 Å². The number of ether oxygens (including phenoxy) is 1. The molecule has 0 unspecified atom stereocenters. The molecule has 42 heavy (non-hydrogen) atoms. The Morgan fingerprint density at radius 3 is 2.10 bits per heavy atom. The van der Waals surface area contributed by atoms with Crippen molar-refractivity contribution in [1.82, 2.24) is 10.6 Å². The maximum Gasteiger partial charge on any atom is 0.326 e. The third-order valence-corrected chi connectivity index (χ3v) is 6.31. The van der Waals surface area contributed by atoms with Crippen molar-refractivity contribution in [3.63, 3.8) is 0 Å². The normalized spacial score (nSPS) is 12.2. The summed E-state index contributed by atoms with van der Waals surface area (Å²) in [5.74, 6) is -3.93. The van der Waals surface area contributed by atoms with Crippen molar-refractivity contribution in [3.8, 4) is 5.75 Å². The Balaban J connectivity index is 1.72. The molecule has 0 heterocycles. The van der Waals surface area contributed by atoms with Gasteiger partial charge in [0.2, 0.25) is 0 Å². The lowest BCUT2D eigenvalue weighted by Gasteiger charge is -2.17. The number of halogens is 1.